The average Bonchev–Trinajstić information content (AvgIpc) is 2.64. The quantitative estimate of drug-likeness (QED) is 0.357. The van der Waals surface area contributed by atoms with Crippen LogP contribution in [0.15, 0.2) is 53.7 Å². The molecule has 3 nitrogen and oxygen atoms in total. The maximum Gasteiger partial charge on any atom is 0.223 e. The van der Waals surface area contributed by atoms with Gasteiger partial charge in [0.15, 0.2) is 5.16 Å². The van der Waals surface area contributed by atoms with Crippen molar-refractivity contribution >= 4 is 11.8 Å². The highest BCUT2D eigenvalue weighted by molar-refractivity contribution is 7.98. The molecule has 27 heavy (non-hydrogen) atoms. The molecule has 0 bridgehead atoms. The molecule has 0 unspecified atom stereocenters. The van der Waals surface area contributed by atoms with E-state index in [9.17, 15) is 0 Å². The highest BCUT2D eigenvalue weighted by Crippen LogP contribution is 2.30. The van der Waals surface area contributed by atoms with Crippen molar-refractivity contribution in [2.75, 3.05) is 0 Å². The Morgan fingerprint density at radius 3 is 2.48 bits per heavy atom. The summed E-state index contributed by atoms with van der Waals surface area (Å²) in [4.78, 5) is 9.37. The van der Waals surface area contributed by atoms with Crippen molar-refractivity contribution in [3.63, 3.8) is 0 Å². The Labute approximate surface area is 166 Å². The third-order valence-electron chi connectivity index (χ3n) is 4.51. The fraction of sp³-hybridized carbons (Fsp3) is 0.304. The normalized spacial score (nSPS) is 11.0. The maximum absolute atomic E-state index is 6.13. The molecule has 1 aromatic heterocycles. The Morgan fingerprint density at radius 1 is 0.963 bits per heavy atom. The van der Waals surface area contributed by atoms with Gasteiger partial charge in [-0.2, -0.15) is 4.98 Å². The van der Waals surface area contributed by atoms with E-state index in [1.165, 1.54) is 16.7 Å². The van der Waals surface area contributed by atoms with Crippen LogP contribution in [0.1, 0.15) is 47.7 Å². The Bertz CT molecular complexity index is 937. The highest BCUT2D eigenvalue weighted by Gasteiger charge is 2.12. The first kappa shape index (κ1) is 19.4. The largest absolute Gasteiger partial charge is 0.439 e. The molecule has 0 N–H and O–H groups in total. The summed E-state index contributed by atoms with van der Waals surface area (Å²) in [5.41, 5.74) is 5.88. The summed E-state index contributed by atoms with van der Waals surface area (Å²) in [6.07, 6.45) is 0. The minimum Gasteiger partial charge on any atom is -0.439 e. The van der Waals surface area contributed by atoms with Crippen LogP contribution in [0.25, 0.3) is 0 Å². The smallest absolute Gasteiger partial charge is 0.223 e. The molecule has 3 rings (SSSR count). The number of hydrogen-bond donors (Lipinski definition) is 0. The van der Waals surface area contributed by atoms with E-state index in [0.29, 0.717) is 11.8 Å². The molecule has 0 aliphatic carbocycles. The van der Waals surface area contributed by atoms with Gasteiger partial charge in [0, 0.05) is 11.8 Å². The Kier molecular flexibility index (Phi) is 6.17. The van der Waals surface area contributed by atoms with E-state index in [1.54, 1.807) is 11.8 Å². The van der Waals surface area contributed by atoms with Crippen LogP contribution < -0.4 is 4.74 Å². The molecular formula is C23H26N2OS. The van der Waals surface area contributed by atoms with Crippen molar-refractivity contribution in [2.45, 2.75) is 51.4 Å². The molecule has 0 fully saturated rings. The first-order valence-electron chi connectivity index (χ1n) is 9.24. The van der Waals surface area contributed by atoms with Crippen molar-refractivity contribution in [1.29, 1.82) is 0 Å². The van der Waals surface area contributed by atoms with Crippen LogP contribution in [0, 0.1) is 20.8 Å². The van der Waals surface area contributed by atoms with Gasteiger partial charge in [-0.05, 0) is 49.4 Å². The Hall–Kier alpha value is -2.33. The second-order valence-corrected chi connectivity index (χ2v) is 8.09. The third kappa shape index (κ3) is 5.10. The maximum atomic E-state index is 6.13. The number of aryl methyl sites for hydroxylation is 2. The zero-order valence-corrected chi connectivity index (χ0v) is 17.4. The van der Waals surface area contributed by atoms with Crippen LogP contribution in [-0.4, -0.2) is 9.97 Å². The van der Waals surface area contributed by atoms with Crippen molar-refractivity contribution in [1.82, 2.24) is 9.97 Å². The lowest BCUT2D eigenvalue weighted by Crippen LogP contribution is -2.00. The number of benzene rings is 2. The van der Waals surface area contributed by atoms with Crippen LogP contribution in [0.2, 0.25) is 0 Å². The predicted molar refractivity (Wildman–Crippen MR) is 113 cm³/mol. The monoisotopic (exact) mass is 378 g/mol. The Balaban J connectivity index is 1.85. The first-order valence-corrected chi connectivity index (χ1v) is 10.2. The van der Waals surface area contributed by atoms with E-state index in [0.717, 1.165) is 27.9 Å². The van der Waals surface area contributed by atoms with E-state index < -0.39 is 0 Å². The van der Waals surface area contributed by atoms with Crippen LogP contribution in [-0.2, 0) is 5.75 Å². The van der Waals surface area contributed by atoms with Gasteiger partial charge in [-0.1, -0.05) is 67.6 Å². The SMILES string of the molecule is Cc1cccc(CSc2nc(Oc3cccc(C)c3C)cc(C(C)C)n2)c1. The number of hydrogen-bond acceptors (Lipinski definition) is 4. The Morgan fingerprint density at radius 2 is 1.74 bits per heavy atom. The van der Waals surface area contributed by atoms with E-state index in [-0.39, 0.29) is 0 Å². The fourth-order valence-corrected chi connectivity index (χ4v) is 3.53. The zero-order valence-electron chi connectivity index (χ0n) is 16.6. The lowest BCUT2D eigenvalue weighted by Gasteiger charge is -2.13. The summed E-state index contributed by atoms with van der Waals surface area (Å²) >= 11 is 1.64. The lowest BCUT2D eigenvalue weighted by molar-refractivity contribution is 0.449. The number of thioether (sulfide) groups is 1. The first-order chi connectivity index (χ1) is 12.9. The molecule has 0 saturated heterocycles. The van der Waals surface area contributed by atoms with Gasteiger partial charge in [0.1, 0.15) is 5.75 Å². The van der Waals surface area contributed by atoms with Crippen LogP contribution >= 0.6 is 11.8 Å². The molecule has 0 spiro atoms. The van der Waals surface area contributed by atoms with Crippen LogP contribution in [0.3, 0.4) is 0 Å². The fourth-order valence-electron chi connectivity index (χ4n) is 2.73. The molecule has 0 radical (unpaired) electrons. The minimum atomic E-state index is 0.312. The standard InChI is InChI=1S/C23H26N2OS/c1-15(2)20-13-22(26-21-11-7-9-17(4)18(21)5)25-23(24-20)27-14-19-10-6-8-16(3)12-19/h6-13,15H,14H2,1-5H3. The van der Waals surface area contributed by atoms with Crippen molar-refractivity contribution in [3.8, 4) is 11.6 Å². The molecule has 0 aliphatic heterocycles. The molecular weight excluding hydrogens is 352 g/mol. The van der Waals surface area contributed by atoms with Crippen LogP contribution in [0.5, 0.6) is 11.6 Å². The number of rotatable bonds is 6. The number of aromatic nitrogens is 2. The van der Waals surface area contributed by atoms with Crippen LogP contribution in [0.4, 0.5) is 0 Å². The summed E-state index contributed by atoms with van der Waals surface area (Å²) in [5, 5.41) is 0.753. The third-order valence-corrected chi connectivity index (χ3v) is 5.43. The van der Waals surface area contributed by atoms with E-state index >= 15 is 0 Å². The van der Waals surface area contributed by atoms with Crippen molar-refractivity contribution < 1.29 is 4.74 Å². The summed E-state index contributed by atoms with van der Waals surface area (Å²) < 4.78 is 6.13. The highest BCUT2D eigenvalue weighted by atomic mass is 32.2. The summed E-state index contributed by atoms with van der Waals surface area (Å²) in [5.74, 6) is 2.60. The number of ether oxygens (including phenoxy) is 1. The predicted octanol–water partition coefficient (Wildman–Crippen LogP) is 6.61. The van der Waals surface area contributed by atoms with Crippen molar-refractivity contribution in [2.24, 2.45) is 0 Å². The van der Waals surface area contributed by atoms with Gasteiger partial charge in [-0.3, -0.25) is 0 Å². The topological polar surface area (TPSA) is 35.0 Å². The van der Waals surface area contributed by atoms with Gasteiger partial charge in [-0.25, -0.2) is 4.98 Å². The van der Waals surface area contributed by atoms with Gasteiger partial charge in [-0.15, -0.1) is 0 Å². The van der Waals surface area contributed by atoms with Gasteiger partial charge < -0.3 is 4.74 Å². The zero-order chi connectivity index (χ0) is 19.4. The van der Waals surface area contributed by atoms with E-state index in [2.05, 4.69) is 69.9 Å². The molecule has 0 amide bonds. The molecule has 2 aromatic carbocycles. The molecule has 140 valence electrons. The van der Waals surface area contributed by atoms with Gasteiger partial charge in [0.25, 0.3) is 0 Å². The molecule has 4 heteroatoms. The number of nitrogens with zero attached hydrogens (tertiary/aromatic N) is 2. The lowest BCUT2D eigenvalue weighted by atomic mass is 10.1. The minimum absolute atomic E-state index is 0.312. The molecule has 1 heterocycles. The second kappa shape index (κ2) is 8.57. The van der Waals surface area contributed by atoms with Gasteiger partial charge >= 0.3 is 0 Å². The summed E-state index contributed by atoms with van der Waals surface area (Å²) in [6.45, 7) is 10.5. The average molecular weight is 379 g/mol. The molecule has 0 atom stereocenters. The van der Waals surface area contributed by atoms with Crippen molar-refractivity contribution in [3.05, 3.63) is 76.5 Å². The summed E-state index contributed by atoms with van der Waals surface area (Å²) in [6, 6.07) is 16.6. The van der Waals surface area contributed by atoms with Gasteiger partial charge in [0.2, 0.25) is 5.88 Å². The molecule has 0 aliphatic rings. The molecule has 3 aromatic rings. The van der Waals surface area contributed by atoms with Gasteiger partial charge in [0.05, 0.1) is 5.69 Å². The van der Waals surface area contributed by atoms with E-state index in [1.807, 2.05) is 18.2 Å². The van der Waals surface area contributed by atoms with E-state index in [4.69, 9.17) is 9.72 Å². The summed E-state index contributed by atoms with van der Waals surface area (Å²) in [7, 11) is 0. The second-order valence-electron chi connectivity index (χ2n) is 7.15. The molecule has 0 saturated carbocycles.